The van der Waals surface area contributed by atoms with E-state index in [-0.39, 0.29) is 11.0 Å². The predicted molar refractivity (Wildman–Crippen MR) is 81.2 cm³/mol. The second-order valence-corrected chi connectivity index (χ2v) is 5.66. The van der Waals surface area contributed by atoms with E-state index < -0.39 is 5.91 Å². The van der Waals surface area contributed by atoms with Crippen LogP contribution in [0.3, 0.4) is 0 Å². The highest BCUT2D eigenvalue weighted by molar-refractivity contribution is 6.03. The molecule has 7 heteroatoms. The highest BCUT2D eigenvalue weighted by Gasteiger charge is 2.25. The first kappa shape index (κ1) is 12.9. The zero-order valence-electron chi connectivity index (χ0n) is 12.0. The van der Waals surface area contributed by atoms with Crippen LogP contribution in [0, 0.1) is 0 Å². The summed E-state index contributed by atoms with van der Waals surface area (Å²) in [4.78, 5) is 27.6. The van der Waals surface area contributed by atoms with E-state index in [1.54, 1.807) is 34.6 Å². The topological polar surface area (TPSA) is 84.2 Å². The largest absolute Gasteiger partial charge is 0.343 e. The Morgan fingerprint density at radius 1 is 1.41 bits per heavy atom. The van der Waals surface area contributed by atoms with Gasteiger partial charge < -0.3 is 14.7 Å². The molecule has 0 unspecified atom stereocenters. The maximum Gasteiger partial charge on any atom is 0.262 e. The summed E-state index contributed by atoms with van der Waals surface area (Å²) in [5.74, 6) is 0.526. The lowest BCUT2D eigenvalue weighted by Gasteiger charge is -2.02. The van der Waals surface area contributed by atoms with Gasteiger partial charge in [-0.2, -0.15) is 5.10 Å². The highest BCUT2D eigenvalue weighted by Crippen LogP contribution is 2.39. The van der Waals surface area contributed by atoms with Gasteiger partial charge in [-0.15, -0.1) is 0 Å². The predicted octanol–water partition coefficient (Wildman–Crippen LogP) is 1.49. The van der Waals surface area contributed by atoms with E-state index in [1.165, 1.54) is 18.9 Å². The van der Waals surface area contributed by atoms with Gasteiger partial charge in [-0.1, -0.05) is 0 Å². The number of aromatic nitrogens is 4. The number of aromatic amines is 1. The SMILES string of the molecule is Cn1ccc(NC(=O)c2cn3cc(C4CC4)[nH]c3cc2=O)n1. The number of carbonyl (C=O) groups excluding carboxylic acids is 1. The molecule has 112 valence electrons. The minimum absolute atomic E-state index is 0.101. The van der Waals surface area contributed by atoms with E-state index in [0.717, 1.165) is 5.69 Å². The number of carbonyl (C=O) groups is 1. The van der Waals surface area contributed by atoms with Gasteiger partial charge in [0, 0.05) is 49.4 Å². The van der Waals surface area contributed by atoms with Gasteiger partial charge in [-0.05, 0) is 12.8 Å². The molecule has 3 aromatic rings. The molecule has 1 amide bonds. The molecule has 0 aromatic carbocycles. The molecule has 1 aliphatic rings. The number of anilines is 1. The molecule has 3 aromatic heterocycles. The van der Waals surface area contributed by atoms with Crippen LogP contribution in [0.25, 0.3) is 5.65 Å². The van der Waals surface area contributed by atoms with Gasteiger partial charge >= 0.3 is 0 Å². The number of nitrogens with one attached hydrogen (secondary N) is 2. The number of hydrogen-bond donors (Lipinski definition) is 2. The van der Waals surface area contributed by atoms with Crippen molar-refractivity contribution in [1.82, 2.24) is 19.2 Å². The number of H-pyrrole nitrogens is 1. The van der Waals surface area contributed by atoms with Crippen LogP contribution in [0.5, 0.6) is 0 Å². The number of imidazole rings is 1. The zero-order chi connectivity index (χ0) is 15.3. The quantitative estimate of drug-likeness (QED) is 0.768. The minimum atomic E-state index is -0.452. The molecule has 1 aliphatic carbocycles. The van der Waals surface area contributed by atoms with E-state index in [0.29, 0.717) is 17.4 Å². The van der Waals surface area contributed by atoms with Crippen molar-refractivity contribution >= 4 is 17.4 Å². The maximum atomic E-state index is 12.3. The van der Waals surface area contributed by atoms with Crippen molar-refractivity contribution in [2.45, 2.75) is 18.8 Å². The summed E-state index contributed by atoms with van der Waals surface area (Å²) < 4.78 is 3.38. The van der Waals surface area contributed by atoms with Crippen LogP contribution in [0.15, 0.2) is 35.5 Å². The fourth-order valence-corrected chi connectivity index (χ4v) is 2.52. The highest BCUT2D eigenvalue weighted by atomic mass is 16.2. The lowest BCUT2D eigenvalue weighted by Crippen LogP contribution is -2.22. The second kappa shape index (κ2) is 4.59. The van der Waals surface area contributed by atoms with Crippen molar-refractivity contribution in [1.29, 1.82) is 0 Å². The van der Waals surface area contributed by atoms with E-state index in [1.807, 2.05) is 6.20 Å². The van der Waals surface area contributed by atoms with Gasteiger partial charge in [-0.25, -0.2) is 0 Å². The Kier molecular flexibility index (Phi) is 2.69. The normalized spacial score (nSPS) is 14.4. The monoisotopic (exact) mass is 297 g/mol. The molecule has 4 rings (SSSR count). The summed E-state index contributed by atoms with van der Waals surface area (Å²) >= 11 is 0. The lowest BCUT2D eigenvalue weighted by molar-refractivity contribution is 0.102. The molecule has 7 nitrogen and oxygen atoms in total. The van der Waals surface area contributed by atoms with E-state index in [2.05, 4.69) is 15.4 Å². The first-order chi connectivity index (χ1) is 10.6. The van der Waals surface area contributed by atoms with Crippen molar-refractivity contribution in [3.63, 3.8) is 0 Å². The standard InChI is InChI=1S/C15H15N5O2/c1-19-5-4-13(18-19)17-15(22)10-7-20-8-11(9-2-3-9)16-14(20)6-12(10)21/h4-9,16H,2-3H2,1H3,(H,17,18,22). The third-order valence-electron chi connectivity index (χ3n) is 3.85. The summed E-state index contributed by atoms with van der Waals surface area (Å²) in [5.41, 5.74) is 1.62. The Hall–Kier alpha value is -2.83. The van der Waals surface area contributed by atoms with Crippen LogP contribution < -0.4 is 10.7 Å². The molecule has 0 saturated heterocycles. The first-order valence-corrected chi connectivity index (χ1v) is 7.16. The van der Waals surface area contributed by atoms with Crippen molar-refractivity contribution < 1.29 is 4.79 Å². The van der Waals surface area contributed by atoms with Crippen LogP contribution in [-0.2, 0) is 7.05 Å². The molecule has 0 atom stereocenters. The molecule has 0 aliphatic heterocycles. The van der Waals surface area contributed by atoms with E-state index in [4.69, 9.17) is 0 Å². The van der Waals surface area contributed by atoms with Crippen molar-refractivity contribution in [2.75, 3.05) is 5.32 Å². The lowest BCUT2D eigenvalue weighted by atomic mass is 10.2. The molecule has 0 spiro atoms. The fraction of sp³-hybridized carbons (Fsp3) is 0.267. The van der Waals surface area contributed by atoms with Crippen molar-refractivity contribution in [3.8, 4) is 0 Å². The Morgan fingerprint density at radius 3 is 2.91 bits per heavy atom. The molecular weight excluding hydrogens is 282 g/mol. The molecular formula is C15H15N5O2. The van der Waals surface area contributed by atoms with Crippen molar-refractivity contribution in [2.24, 2.45) is 7.05 Å². The van der Waals surface area contributed by atoms with Gasteiger partial charge in [0.05, 0.1) is 0 Å². The summed E-state index contributed by atoms with van der Waals surface area (Å²) in [6, 6.07) is 3.13. The van der Waals surface area contributed by atoms with Gasteiger partial charge in [0.2, 0.25) is 0 Å². The molecule has 1 fully saturated rings. The Bertz CT molecular complexity index is 929. The molecule has 0 radical (unpaired) electrons. The molecule has 3 heterocycles. The average molecular weight is 297 g/mol. The van der Waals surface area contributed by atoms with E-state index in [9.17, 15) is 9.59 Å². The van der Waals surface area contributed by atoms with Crippen molar-refractivity contribution in [3.05, 3.63) is 52.2 Å². The second-order valence-electron chi connectivity index (χ2n) is 5.66. The summed E-state index contributed by atoms with van der Waals surface area (Å²) in [6.45, 7) is 0. The molecule has 22 heavy (non-hydrogen) atoms. The number of hydrogen-bond acceptors (Lipinski definition) is 3. The molecule has 2 N–H and O–H groups in total. The summed E-state index contributed by atoms with van der Waals surface area (Å²) in [6.07, 6.45) is 7.58. The number of rotatable bonds is 3. The maximum absolute atomic E-state index is 12.3. The van der Waals surface area contributed by atoms with E-state index >= 15 is 0 Å². The van der Waals surface area contributed by atoms with Crippen LogP contribution >= 0.6 is 0 Å². The van der Waals surface area contributed by atoms with Gasteiger partial charge in [0.15, 0.2) is 11.2 Å². The molecule has 1 saturated carbocycles. The number of nitrogens with zero attached hydrogens (tertiary/aromatic N) is 3. The number of pyridine rings is 1. The Balaban J connectivity index is 1.69. The van der Waals surface area contributed by atoms with Crippen LogP contribution in [0.2, 0.25) is 0 Å². The van der Waals surface area contributed by atoms with Gasteiger partial charge in [0.25, 0.3) is 5.91 Å². The zero-order valence-corrected chi connectivity index (χ0v) is 12.0. The third-order valence-corrected chi connectivity index (χ3v) is 3.85. The minimum Gasteiger partial charge on any atom is -0.343 e. The Morgan fingerprint density at radius 2 is 2.23 bits per heavy atom. The molecule has 0 bridgehead atoms. The number of amides is 1. The van der Waals surface area contributed by atoms with Gasteiger partial charge in [-0.3, -0.25) is 14.3 Å². The third kappa shape index (κ3) is 2.20. The Labute approximate surface area is 125 Å². The van der Waals surface area contributed by atoms with Gasteiger partial charge in [0.1, 0.15) is 11.2 Å². The van der Waals surface area contributed by atoms with Crippen LogP contribution in [-0.4, -0.2) is 25.1 Å². The first-order valence-electron chi connectivity index (χ1n) is 7.16. The van der Waals surface area contributed by atoms with Crippen LogP contribution in [0.4, 0.5) is 5.82 Å². The van der Waals surface area contributed by atoms with Crippen LogP contribution in [0.1, 0.15) is 34.8 Å². The summed E-state index contributed by atoms with van der Waals surface area (Å²) in [5, 5.41) is 6.71. The number of fused-ring (bicyclic) bond motifs is 1. The number of aryl methyl sites for hydroxylation is 1. The average Bonchev–Trinajstić information content (AvgIpc) is 3.13. The smallest absolute Gasteiger partial charge is 0.262 e. The fourth-order valence-electron chi connectivity index (χ4n) is 2.52. The summed E-state index contributed by atoms with van der Waals surface area (Å²) in [7, 11) is 1.76.